The van der Waals surface area contributed by atoms with Crippen molar-refractivity contribution in [3.63, 3.8) is 0 Å². The first-order valence-electron chi connectivity index (χ1n) is 6.38. The SMILES string of the molecule is COc1ccc(F)cc1C1(O)CC(C)(C)OC1(C)C. The third-order valence-electron chi connectivity index (χ3n) is 3.82. The number of benzene rings is 1. The molecule has 3 nitrogen and oxygen atoms in total. The number of ether oxygens (including phenoxy) is 2. The average Bonchev–Trinajstić information content (AvgIpc) is 2.43. The Hall–Kier alpha value is -1.13. The van der Waals surface area contributed by atoms with Crippen molar-refractivity contribution in [1.29, 1.82) is 0 Å². The van der Waals surface area contributed by atoms with Crippen molar-refractivity contribution in [2.45, 2.75) is 50.9 Å². The highest BCUT2D eigenvalue weighted by molar-refractivity contribution is 5.41. The molecule has 2 rings (SSSR count). The van der Waals surface area contributed by atoms with Crippen molar-refractivity contribution in [2.75, 3.05) is 7.11 Å². The molecule has 0 spiro atoms. The maximum Gasteiger partial charge on any atom is 0.125 e. The molecule has 4 heteroatoms. The Labute approximate surface area is 113 Å². The van der Waals surface area contributed by atoms with Gasteiger partial charge in [-0.2, -0.15) is 0 Å². The van der Waals surface area contributed by atoms with Gasteiger partial charge in [-0.05, 0) is 45.9 Å². The van der Waals surface area contributed by atoms with E-state index < -0.39 is 22.6 Å². The number of methoxy groups -OCH3 is 1. The van der Waals surface area contributed by atoms with Crippen LogP contribution in [0.4, 0.5) is 4.39 Å². The molecule has 0 aliphatic carbocycles. The second-order valence-electron chi connectivity index (χ2n) is 6.25. The number of hydrogen-bond acceptors (Lipinski definition) is 3. The van der Waals surface area contributed by atoms with E-state index in [-0.39, 0.29) is 0 Å². The smallest absolute Gasteiger partial charge is 0.125 e. The normalized spacial score (nSPS) is 28.4. The number of halogens is 1. The van der Waals surface area contributed by atoms with E-state index in [1.165, 1.54) is 25.3 Å². The Kier molecular flexibility index (Phi) is 3.14. The van der Waals surface area contributed by atoms with Crippen LogP contribution in [-0.2, 0) is 10.3 Å². The van der Waals surface area contributed by atoms with Crippen LogP contribution >= 0.6 is 0 Å². The van der Waals surface area contributed by atoms with Crippen molar-refractivity contribution < 1.29 is 19.0 Å². The van der Waals surface area contributed by atoms with Gasteiger partial charge in [-0.1, -0.05) is 0 Å². The zero-order chi connectivity index (χ0) is 14.5. The number of rotatable bonds is 2. The quantitative estimate of drug-likeness (QED) is 0.896. The van der Waals surface area contributed by atoms with Gasteiger partial charge < -0.3 is 14.6 Å². The monoisotopic (exact) mass is 268 g/mol. The predicted molar refractivity (Wildman–Crippen MR) is 70.7 cm³/mol. The van der Waals surface area contributed by atoms with Gasteiger partial charge in [0.15, 0.2) is 0 Å². The van der Waals surface area contributed by atoms with Gasteiger partial charge in [-0.25, -0.2) is 4.39 Å². The minimum absolute atomic E-state index is 0.382. The van der Waals surface area contributed by atoms with Crippen LogP contribution in [0, 0.1) is 5.82 Å². The fraction of sp³-hybridized carbons (Fsp3) is 0.600. The molecule has 0 radical (unpaired) electrons. The van der Waals surface area contributed by atoms with Crippen molar-refractivity contribution in [3.05, 3.63) is 29.6 Å². The van der Waals surface area contributed by atoms with Crippen LogP contribution in [0.1, 0.15) is 39.7 Å². The van der Waals surface area contributed by atoms with E-state index in [9.17, 15) is 9.50 Å². The lowest BCUT2D eigenvalue weighted by atomic mass is 9.76. The van der Waals surface area contributed by atoms with Gasteiger partial charge in [-0.15, -0.1) is 0 Å². The molecule has 1 heterocycles. The summed E-state index contributed by atoms with van der Waals surface area (Å²) < 4.78 is 24.7. The molecular formula is C15H21FO3. The van der Waals surface area contributed by atoms with Crippen molar-refractivity contribution in [2.24, 2.45) is 0 Å². The lowest BCUT2D eigenvalue weighted by Crippen LogP contribution is -2.43. The molecule has 1 aliphatic heterocycles. The maximum absolute atomic E-state index is 13.5. The summed E-state index contributed by atoms with van der Waals surface area (Å²) in [5, 5.41) is 11.1. The maximum atomic E-state index is 13.5. The highest BCUT2D eigenvalue weighted by Gasteiger charge is 2.58. The third kappa shape index (κ3) is 2.23. The minimum atomic E-state index is -1.29. The Morgan fingerprint density at radius 1 is 1.26 bits per heavy atom. The molecule has 1 aromatic carbocycles. The molecule has 1 N–H and O–H groups in total. The summed E-state index contributed by atoms with van der Waals surface area (Å²) in [4.78, 5) is 0. The van der Waals surface area contributed by atoms with Crippen LogP contribution in [0.2, 0.25) is 0 Å². The van der Waals surface area contributed by atoms with Gasteiger partial charge in [0.2, 0.25) is 0 Å². The Morgan fingerprint density at radius 2 is 1.89 bits per heavy atom. The molecule has 1 aromatic rings. The molecule has 1 atom stereocenters. The molecule has 1 fully saturated rings. The summed E-state index contributed by atoms with van der Waals surface area (Å²) in [6.07, 6.45) is 0.382. The van der Waals surface area contributed by atoms with Crippen LogP contribution in [-0.4, -0.2) is 23.4 Å². The summed E-state index contributed by atoms with van der Waals surface area (Å²) in [5.41, 5.74) is -2.15. The lowest BCUT2D eigenvalue weighted by Gasteiger charge is -2.36. The largest absolute Gasteiger partial charge is 0.496 e. The second kappa shape index (κ2) is 4.18. The fourth-order valence-corrected chi connectivity index (χ4v) is 3.06. The second-order valence-corrected chi connectivity index (χ2v) is 6.25. The van der Waals surface area contributed by atoms with E-state index in [1.807, 2.05) is 27.7 Å². The van der Waals surface area contributed by atoms with Gasteiger partial charge in [0, 0.05) is 12.0 Å². The first-order chi connectivity index (χ1) is 8.61. The highest BCUT2D eigenvalue weighted by Crippen LogP contribution is 2.52. The van der Waals surface area contributed by atoms with Crippen molar-refractivity contribution >= 4 is 0 Å². The predicted octanol–water partition coefficient (Wildman–Crippen LogP) is 3.00. The topological polar surface area (TPSA) is 38.7 Å². The van der Waals surface area contributed by atoms with Gasteiger partial charge in [0.25, 0.3) is 0 Å². The highest BCUT2D eigenvalue weighted by atomic mass is 19.1. The summed E-state index contributed by atoms with van der Waals surface area (Å²) in [6, 6.07) is 4.18. The lowest BCUT2D eigenvalue weighted by molar-refractivity contribution is -0.130. The van der Waals surface area contributed by atoms with E-state index in [0.717, 1.165) is 0 Å². The third-order valence-corrected chi connectivity index (χ3v) is 3.82. The summed E-state index contributed by atoms with van der Waals surface area (Å²) in [6.45, 7) is 7.45. The van der Waals surface area contributed by atoms with Crippen molar-refractivity contribution in [3.8, 4) is 5.75 Å². The summed E-state index contributed by atoms with van der Waals surface area (Å²) >= 11 is 0. The molecule has 0 amide bonds. The Morgan fingerprint density at radius 3 is 2.37 bits per heavy atom. The molecule has 1 aliphatic rings. The van der Waals surface area contributed by atoms with Crippen LogP contribution in [0.5, 0.6) is 5.75 Å². The summed E-state index contributed by atoms with van der Waals surface area (Å²) in [5.74, 6) is 0.0722. The number of hydrogen-bond donors (Lipinski definition) is 1. The van der Waals surface area contributed by atoms with Crippen LogP contribution in [0.3, 0.4) is 0 Å². The minimum Gasteiger partial charge on any atom is -0.496 e. The van der Waals surface area contributed by atoms with Crippen LogP contribution in [0.15, 0.2) is 18.2 Å². The standard InChI is InChI=1S/C15H21FO3/c1-13(2)9-15(17,14(3,4)19-13)11-8-10(16)6-7-12(11)18-5/h6-8,17H,9H2,1-5H3. The Balaban J connectivity index is 2.59. The van der Waals surface area contributed by atoms with Crippen LogP contribution < -0.4 is 4.74 Å². The van der Waals surface area contributed by atoms with E-state index in [1.54, 1.807) is 0 Å². The first kappa shape index (κ1) is 14.3. The van der Waals surface area contributed by atoms with E-state index >= 15 is 0 Å². The molecule has 106 valence electrons. The van der Waals surface area contributed by atoms with E-state index in [4.69, 9.17) is 9.47 Å². The van der Waals surface area contributed by atoms with E-state index in [2.05, 4.69) is 0 Å². The zero-order valence-corrected chi connectivity index (χ0v) is 12.1. The number of aliphatic hydroxyl groups is 1. The fourth-order valence-electron chi connectivity index (χ4n) is 3.06. The molecule has 1 saturated heterocycles. The van der Waals surface area contributed by atoms with Crippen LogP contribution in [0.25, 0.3) is 0 Å². The Bertz CT molecular complexity index is 496. The van der Waals surface area contributed by atoms with Gasteiger partial charge in [-0.3, -0.25) is 0 Å². The van der Waals surface area contributed by atoms with Gasteiger partial charge in [0.1, 0.15) is 17.2 Å². The molecule has 1 unspecified atom stereocenters. The van der Waals surface area contributed by atoms with Gasteiger partial charge in [0.05, 0.1) is 18.3 Å². The molecule has 0 aromatic heterocycles. The first-order valence-corrected chi connectivity index (χ1v) is 6.38. The van der Waals surface area contributed by atoms with E-state index in [0.29, 0.717) is 17.7 Å². The average molecular weight is 268 g/mol. The molecule has 0 saturated carbocycles. The van der Waals surface area contributed by atoms with Gasteiger partial charge >= 0.3 is 0 Å². The van der Waals surface area contributed by atoms with Crippen molar-refractivity contribution in [1.82, 2.24) is 0 Å². The molecule has 19 heavy (non-hydrogen) atoms. The molecular weight excluding hydrogens is 247 g/mol. The molecule has 0 bridgehead atoms. The summed E-state index contributed by atoms with van der Waals surface area (Å²) in [7, 11) is 1.51. The zero-order valence-electron chi connectivity index (χ0n) is 12.1.